The first-order chi connectivity index (χ1) is 15.0. The van der Waals surface area contributed by atoms with Crippen molar-refractivity contribution in [1.29, 1.82) is 0 Å². The van der Waals surface area contributed by atoms with Gasteiger partial charge in [-0.05, 0) is 66.3 Å². The highest BCUT2D eigenvalue weighted by atomic mass is 16.5. The summed E-state index contributed by atoms with van der Waals surface area (Å²) in [5.41, 5.74) is 4.66. The van der Waals surface area contributed by atoms with Gasteiger partial charge in [0.2, 0.25) is 5.91 Å². The molecule has 1 N–H and O–H groups in total. The largest absolute Gasteiger partial charge is 0.489 e. The predicted molar refractivity (Wildman–Crippen MR) is 121 cm³/mol. The molecule has 0 aromatic heterocycles. The van der Waals surface area contributed by atoms with Gasteiger partial charge in [-0.15, -0.1) is 0 Å². The summed E-state index contributed by atoms with van der Waals surface area (Å²) in [5.74, 6) is 0.456. The van der Waals surface area contributed by atoms with Gasteiger partial charge in [0.1, 0.15) is 12.4 Å². The lowest BCUT2D eigenvalue weighted by atomic mass is 10.0. The van der Waals surface area contributed by atoms with E-state index in [0.717, 1.165) is 41.8 Å². The Morgan fingerprint density at radius 1 is 0.871 bits per heavy atom. The first-order valence-corrected chi connectivity index (χ1v) is 10.3. The molecule has 0 fully saturated rings. The molecule has 3 aromatic carbocycles. The molecule has 0 bridgehead atoms. The van der Waals surface area contributed by atoms with Gasteiger partial charge in [-0.2, -0.15) is 0 Å². The molecule has 160 valence electrons. The minimum atomic E-state index is -0.319. The Kier molecular flexibility index (Phi) is 7.82. The Bertz CT molecular complexity index is 1030. The van der Waals surface area contributed by atoms with Crippen LogP contribution >= 0.6 is 0 Å². The van der Waals surface area contributed by atoms with Crippen LogP contribution in [-0.4, -0.2) is 19.0 Å². The lowest BCUT2D eigenvalue weighted by molar-refractivity contribution is -0.114. The molecule has 0 saturated carbocycles. The Hall–Kier alpha value is -3.60. The minimum absolute atomic E-state index is 0.0941. The van der Waals surface area contributed by atoms with E-state index in [4.69, 9.17) is 9.47 Å². The maximum absolute atomic E-state index is 11.5. The minimum Gasteiger partial charge on any atom is -0.489 e. The highest BCUT2D eigenvalue weighted by Crippen LogP contribution is 2.22. The van der Waals surface area contributed by atoms with E-state index in [1.165, 1.54) is 19.6 Å². The molecule has 1 amide bonds. The van der Waals surface area contributed by atoms with Crippen LogP contribution < -0.4 is 10.1 Å². The standard InChI is InChI=1S/C26H27NO4/c1-19(28)27-24-11-6-8-21(17-24)18-31-25-12-4-3-9-22(25)10-5-7-20-13-15-23(16-14-20)26(29)30-2/h3-4,6,8-9,11-17H,5,7,10,18H2,1-2H3,(H,27,28). The Labute approximate surface area is 183 Å². The van der Waals surface area contributed by atoms with Crippen LogP contribution in [0.25, 0.3) is 0 Å². The zero-order valence-corrected chi connectivity index (χ0v) is 17.9. The molecule has 0 aliphatic carbocycles. The molecule has 0 radical (unpaired) electrons. The molecule has 0 aliphatic rings. The Morgan fingerprint density at radius 3 is 2.39 bits per heavy atom. The Balaban J connectivity index is 1.56. The van der Waals surface area contributed by atoms with Gasteiger partial charge < -0.3 is 14.8 Å². The van der Waals surface area contributed by atoms with E-state index in [0.29, 0.717) is 12.2 Å². The topological polar surface area (TPSA) is 64.6 Å². The summed E-state index contributed by atoms with van der Waals surface area (Å²) in [7, 11) is 1.38. The second-order valence-electron chi connectivity index (χ2n) is 7.32. The number of hydrogen-bond acceptors (Lipinski definition) is 4. The monoisotopic (exact) mass is 417 g/mol. The van der Waals surface area contributed by atoms with Crippen LogP contribution in [0.15, 0.2) is 72.8 Å². The van der Waals surface area contributed by atoms with Gasteiger partial charge >= 0.3 is 5.97 Å². The van der Waals surface area contributed by atoms with Crippen molar-refractivity contribution >= 4 is 17.6 Å². The van der Waals surface area contributed by atoms with Gasteiger partial charge in [0, 0.05) is 12.6 Å². The molecule has 0 spiro atoms. The number of amides is 1. The molecule has 0 saturated heterocycles. The molecule has 0 aliphatic heterocycles. The van der Waals surface area contributed by atoms with Gasteiger partial charge in [0.25, 0.3) is 0 Å². The molecule has 3 rings (SSSR count). The van der Waals surface area contributed by atoms with Crippen molar-refractivity contribution in [3.63, 3.8) is 0 Å². The average Bonchev–Trinajstić information content (AvgIpc) is 2.78. The number of benzene rings is 3. The van der Waals surface area contributed by atoms with Crippen LogP contribution in [0.1, 0.15) is 40.4 Å². The van der Waals surface area contributed by atoms with Crippen LogP contribution in [0.5, 0.6) is 5.75 Å². The fraction of sp³-hybridized carbons (Fsp3) is 0.231. The third-order valence-corrected chi connectivity index (χ3v) is 4.90. The van der Waals surface area contributed by atoms with Crippen molar-refractivity contribution in [3.8, 4) is 5.75 Å². The molecular weight excluding hydrogens is 390 g/mol. The van der Waals surface area contributed by atoms with Crippen LogP contribution in [0.4, 0.5) is 5.69 Å². The smallest absolute Gasteiger partial charge is 0.337 e. The highest BCUT2D eigenvalue weighted by molar-refractivity contribution is 5.89. The fourth-order valence-electron chi connectivity index (χ4n) is 3.36. The number of nitrogens with one attached hydrogen (secondary N) is 1. The number of aryl methyl sites for hydroxylation is 2. The number of methoxy groups -OCH3 is 1. The third kappa shape index (κ3) is 6.71. The van der Waals surface area contributed by atoms with Crippen molar-refractivity contribution in [3.05, 3.63) is 95.1 Å². The van der Waals surface area contributed by atoms with E-state index >= 15 is 0 Å². The van der Waals surface area contributed by atoms with Crippen LogP contribution in [0.3, 0.4) is 0 Å². The predicted octanol–water partition coefficient (Wildman–Crippen LogP) is 5.19. The number of anilines is 1. The summed E-state index contributed by atoms with van der Waals surface area (Å²) in [4.78, 5) is 22.8. The third-order valence-electron chi connectivity index (χ3n) is 4.90. The highest BCUT2D eigenvalue weighted by Gasteiger charge is 2.07. The van der Waals surface area contributed by atoms with Gasteiger partial charge in [-0.3, -0.25) is 4.79 Å². The number of para-hydroxylation sites is 1. The number of esters is 1. The van der Waals surface area contributed by atoms with E-state index in [1.54, 1.807) is 12.1 Å². The normalized spacial score (nSPS) is 10.4. The first kappa shape index (κ1) is 22.1. The maximum atomic E-state index is 11.5. The average molecular weight is 418 g/mol. The van der Waals surface area contributed by atoms with Crippen LogP contribution in [-0.2, 0) is 29.0 Å². The van der Waals surface area contributed by atoms with Crippen LogP contribution in [0, 0.1) is 0 Å². The lowest BCUT2D eigenvalue weighted by Gasteiger charge is -2.12. The SMILES string of the molecule is COC(=O)c1ccc(CCCc2ccccc2OCc2cccc(NC(C)=O)c2)cc1. The van der Waals surface area contributed by atoms with E-state index in [9.17, 15) is 9.59 Å². The second kappa shape index (κ2) is 11.0. The molecule has 31 heavy (non-hydrogen) atoms. The van der Waals surface area contributed by atoms with Crippen molar-refractivity contribution < 1.29 is 19.1 Å². The van der Waals surface area contributed by atoms with Gasteiger partial charge in [-0.1, -0.05) is 42.5 Å². The number of rotatable bonds is 9. The zero-order chi connectivity index (χ0) is 22.1. The fourth-order valence-corrected chi connectivity index (χ4v) is 3.36. The Morgan fingerprint density at radius 2 is 1.65 bits per heavy atom. The van der Waals surface area contributed by atoms with E-state index in [1.807, 2.05) is 54.6 Å². The molecular formula is C26H27NO4. The zero-order valence-electron chi connectivity index (χ0n) is 17.9. The first-order valence-electron chi connectivity index (χ1n) is 10.3. The number of ether oxygens (including phenoxy) is 2. The summed E-state index contributed by atoms with van der Waals surface area (Å²) >= 11 is 0. The quantitative estimate of drug-likeness (QED) is 0.487. The van der Waals surface area contributed by atoms with Crippen molar-refractivity contribution in [2.24, 2.45) is 0 Å². The van der Waals surface area contributed by atoms with Crippen molar-refractivity contribution in [2.45, 2.75) is 32.8 Å². The second-order valence-corrected chi connectivity index (χ2v) is 7.32. The number of carbonyl (C=O) groups excluding carboxylic acids is 2. The number of carbonyl (C=O) groups is 2. The summed E-state index contributed by atoms with van der Waals surface area (Å²) < 4.78 is 10.8. The maximum Gasteiger partial charge on any atom is 0.337 e. The molecule has 0 unspecified atom stereocenters. The molecule has 0 heterocycles. The van der Waals surface area contributed by atoms with E-state index in [-0.39, 0.29) is 11.9 Å². The summed E-state index contributed by atoms with van der Waals surface area (Å²) in [6, 6.07) is 23.3. The van der Waals surface area contributed by atoms with E-state index in [2.05, 4.69) is 11.4 Å². The summed E-state index contributed by atoms with van der Waals surface area (Å²) in [5, 5.41) is 2.79. The van der Waals surface area contributed by atoms with Gasteiger partial charge in [-0.25, -0.2) is 4.79 Å². The van der Waals surface area contributed by atoms with Crippen molar-refractivity contribution in [1.82, 2.24) is 0 Å². The number of hydrogen-bond donors (Lipinski definition) is 1. The summed E-state index contributed by atoms with van der Waals surface area (Å²) in [6.07, 6.45) is 2.77. The van der Waals surface area contributed by atoms with Crippen LogP contribution in [0.2, 0.25) is 0 Å². The molecule has 3 aromatic rings. The molecule has 0 atom stereocenters. The molecule has 5 heteroatoms. The lowest BCUT2D eigenvalue weighted by Crippen LogP contribution is -2.06. The summed E-state index contributed by atoms with van der Waals surface area (Å²) in [6.45, 7) is 1.92. The van der Waals surface area contributed by atoms with Crippen molar-refractivity contribution in [2.75, 3.05) is 12.4 Å². The van der Waals surface area contributed by atoms with E-state index < -0.39 is 0 Å². The van der Waals surface area contributed by atoms with Gasteiger partial charge in [0.05, 0.1) is 12.7 Å². The molecule has 5 nitrogen and oxygen atoms in total. The van der Waals surface area contributed by atoms with Gasteiger partial charge in [0.15, 0.2) is 0 Å².